The van der Waals surface area contributed by atoms with Crippen molar-refractivity contribution in [2.45, 2.75) is 38.0 Å². The minimum atomic E-state index is -3.62. The van der Waals surface area contributed by atoms with E-state index in [1.165, 1.54) is 4.31 Å². The summed E-state index contributed by atoms with van der Waals surface area (Å²) in [4.78, 5) is 11.9. The van der Waals surface area contributed by atoms with E-state index >= 15 is 0 Å². The average molecular weight is 358 g/mol. The third kappa shape index (κ3) is 3.54. The Hall–Kier alpha value is -2.34. The predicted molar refractivity (Wildman–Crippen MR) is 99.4 cm³/mol. The molecular formula is C19H22N2O3S. The number of hydrogen-bond acceptors (Lipinski definition) is 3. The molecule has 1 heterocycles. The summed E-state index contributed by atoms with van der Waals surface area (Å²) in [5, 5.41) is 2.80. The zero-order chi connectivity index (χ0) is 18.0. The van der Waals surface area contributed by atoms with E-state index in [9.17, 15) is 13.2 Å². The number of amides is 1. The molecule has 0 atom stereocenters. The van der Waals surface area contributed by atoms with Crippen molar-refractivity contribution >= 4 is 27.3 Å². The molecule has 0 spiro atoms. The lowest BCUT2D eigenvalue weighted by atomic mass is 10.0. The molecule has 0 saturated carbocycles. The van der Waals surface area contributed by atoms with Crippen LogP contribution in [-0.4, -0.2) is 20.9 Å². The summed E-state index contributed by atoms with van der Waals surface area (Å²) in [7, 11) is -3.62. The molecule has 6 heteroatoms. The number of sulfonamides is 1. The van der Waals surface area contributed by atoms with Crippen molar-refractivity contribution in [3.63, 3.8) is 0 Å². The van der Waals surface area contributed by atoms with E-state index in [1.807, 2.05) is 19.1 Å². The highest BCUT2D eigenvalue weighted by Crippen LogP contribution is 2.34. The molecule has 0 aromatic heterocycles. The molecule has 132 valence electrons. The van der Waals surface area contributed by atoms with Crippen molar-refractivity contribution < 1.29 is 13.2 Å². The summed E-state index contributed by atoms with van der Waals surface area (Å²) >= 11 is 0. The molecule has 1 aliphatic rings. The number of nitrogens with one attached hydrogen (secondary N) is 1. The summed E-state index contributed by atoms with van der Waals surface area (Å²) in [6.45, 7) is 4.14. The number of hydrogen-bond donors (Lipinski definition) is 1. The van der Waals surface area contributed by atoms with Gasteiger partial charge in [-0.25, -0.2) is 8.42 Å². The number of rotatable bonds is 4. The molecule has 0 radical (unpaired) electrons. The average Bonchev–Trinajstić information content (AvgIpc) is 2.61. The zero-order valence-corrected chi connectivity index (χ0v) is 15.3. The fourth-order valence-electron chi connectivity index (χ4n) is 2.96. The van der Waals surface area contributed by atoms with Crippen molar-refractivity contribution in [2.75, 3.05) is 16.2 Å². The number of aryl methyl sites for hydroxylation is 2. The van der Waals surface area contributed by atoms with Gasteiger partial charge in [-0.15, -0.1) is 0 Å². The Bertz CT molecular complexity index is 889. The van der Waals surface area contributed by atoms with Crippen LogP contribution in [0.2, 0.25) is 0 Å². The first-order valence-corrected chi connectivity index (χ1v) is 9.88. The maximum atomic E-state index is 13.1. The molecule has 1 N–H and O–H groups in total. The number of carbonyl (C=O) groups excluding carboxylic acids is 1. The molecule has 0 bridgehead atoms. The van der Waals surface area contributed by atoms with Gasteiger partial charge in [-0.1, -0.05) is 30.7 Å². The van der Waals surface area contributed by atoms with Gasteiger partial charge in [0.05, 0.1) is 10.6 Å². The molecule has 1 aliphatic heterocycles. The van der Waals surface area contributed by atoms with Crippen LogP contribution >= 0.6 is 0 Å². The normalized spacial score (nSPS) is 14.1. The Kier molecular flexibility index (Phi) is 4.81. The second kappa shape index (κ2) is 6.88. The van der Waals surface area contributed by atoms with Gasteiger partial charge in [0.2, 0.25) is 5.91 Å². The van der Waals surface area contributed by atoms with E-state index in [0.717, 1.165) is 24.0 Å². The topological polar surface area (TPSA) is 66.5 Å². The summed E-state index contributed by atoms with van der Waals surface area (Å²) in [6, 6.07) is 12.4. The van der Waals surface area contributed by atoms with E-state index in [-0.39, 0.29) is 10.8 Å². The second-order valence-electron chi connectivity index (χ2n) is 6.24. The number of nitrogens with zero attached hydrogens (tertiary/aromatic N) is 1. The van der Waals surface area contributed by atoms with E-state index in [2.05, 4.69) is 5.32 Å². The highest BCUT2D eigenvalue weighted by molar-refractivity contribution is 7.92. The minimum Gasteiger partial charge on any atom is -0.326 e. The summed E-state index contributed by atoms with van der Waals surface area (Å²) < 4.78 is 27.6. The lowest BCUT2D eigenvalue weighted by molar-refractivity contribution is -0.115. The minimum absolute atomic E-state index is 0.0938. The quantitative estimate of drug-likeness (QED) is 0.910. The van der Waals surface area contributed by atoms with E-state index < -0.39 is 10.0 Å². The molecule has 5 nitrogen and oxygen atoms in total. The summed E-state index contributed by atoms with van der Waals surface area (Å²) in [5.74, 6) is -0.0938. The third-order valence-electron chi connectivity index (χ3n) is 4.38. The van der Waals surface area contributed by atoms with E-state index in [1.54, 1.807) is 37.3 Å². The molecule has 2 aromatic carbocycles. The molecule has 0 fully saturated rings. The molecule has 25 heavy (non-hydrogen) atoms. The SMILES string of the molecule is CCC(=O)Nc1ccc2c(c1)N(S(=O)(=O)c1ccc(C)cc1)CCC2. The molecular weight excluding hydrogens is 336 g/mol. The van der Waals surface area contributed by atoms with Gasteiger partial charge in [0.25, 0.3) is 10.0 Å². The molecule has 0 saturated heterocycles. The largest absolute Gasteiger partial charge is 0.326 e. The van der Waals surface area contributed by atoms with Gasteiger partial charge in [-0.3, -0.25) is 9.10 Å². The van der Waals surface area contributed by atoms with Crippen LogP contribution < -0.4 is 9.62 Å². The summed E-state index contributed by atoms with van der Waals surface area (Å²) in [6.07, 6.45) is 1.98. The first kappa shape index (κ1) is 17.5. The highest BCUT2D eigenvalue weighted by Gasteiger charge is 2.29. The zero-order valence-electron chi connectivity index (χ0n) is 14.5. The first-order valence-electron chi connectivity index (χ1n) is 8.44. The Morgan fingerprint density at radius 2 is 1.88 bits per heavy atom. The molecule has 1 amide bonds. The fraction of sp³-hybridized carbons (Fsp3) is 0.316. The molecule has 0 unspecified atom stereocenters. The Balaban J connectivity index is 2.01. The van der Waals surface area contributed by atoms with Crippen molar-refractivity contribution in [2.24, 2.45) is 0 Å². The fourth-order valence-corrected chi connectivity index (χ4v) is 4.49. The van der Waals surface area contributed by atoms with Crippen LogP contribution in [0.3, 0.4) is 0 Å². The first-order chi connectivity index (χ1) is 11.9. The van der Waals surface area contributed by atoms with Crippen LogP contribution in [0.5, 0.6) is 0 Å². The van der Waals surface area contributed by atoms with Gasteiger partial charge < -0.3 is 5.32 Å². The predicted octanol–water partition coefficient (Wildman–Crippen LogP) is 3.49. The van der Waals surface area contributed by atoms with Gasteiger partial charge in [0.15, 0.2) is 0 Å². The maximum absolute atomic E-state index is 13.1. The summed E-state index contributed by atoms with van der Waals surface area (Å²) in [5.41, 5.74) is 3.27. The Morgan fingerprint density at radius 1 is 1.16 bits per heavy atom. The lowest BCUT2D eigenvalue weighted by Gasteiger charge is -2.31. The van der Waals surface area contributed by atoms with Gasteiger partial charge in [0.1, 0.15) is 0 Å². The van der Waals surface area contributed by atoms with Crippen molar-refractivity contribution in [3.8, 4) is 0 Å². The maximum Gasteiger partial charge on any atom is 0.264 e. The molecule has 0 aliphatic carbocycles. The van der Waals surface area contributed by atoms with E-state index in [0.29, 0.717) is 24.3 Å². The van der Waals surface area contributed by atoms with Crippen molar-refractivity contribution in [3.05, 3.63) is 53.6 Å². The number of anilines is 2. The highest BCUT2D eigenvalue weighted by atomic mass is 32.2. The van der Waals surface area contributed by atoms with Gasteiger partial charge in [-0.2, -0.15) is 0 Å². The van der Waals surface area contributed by atoms with E-state index in [4.69, 9.17) is 0 Å². The van der Waals surface area contributed by atoms with Crippen LogP contribution in [0.15, 0.2) is 47.4 Å². The Morgan fingerprint density at radius 3 is 2.56 bits per heavy atom. The van der Waals surface area contributed by atoms with Crippen LogP contribution in [0.25, 0.3) is 0 Å². The van der Waals surface area contributed by atoms with Gasteiger partial charge in [-0.05, 0) is 49.6 Å². The molecule has 2 aromatic rings. The second-order valence-corrected chi connectivity index (χ2v) is 8.10. The van der Waals surface area contributed by atoms with Crippen molar-refractivity contribution in [1.29, 1.82) is 0 Å². The standard InChI is InChI=1S/C19H22N2O3S/c1-3-19(22)20-16-9-8-15-5-4-12-21(18(15)13-16)25(23,24)17-10-6-14(2)7-11-17/h6-11,13H,3-5,12H2,1-2H3,(H,20,22). The number of benzene rings is 2. The smallest absolute Gasteiger partial charge is 0.264 e. The monoisotopic (exact) mass is 358 g/mol. The lowest BCUT2D eigenvalue weighted by Crippen LogP contribution is -2.35. The third-order valence-corrected chi connectivity index (χ3v) is 6.20. The van der Waals surface area contributed by atoms with Crippen LogP contribution in [0.4, 0.5) is 11.4 Å². The van der Waals surface area contributed by atoms with Crippen LogP contribution in [0.1, 0.15) is 30.9 Å². The Labute approximate surface area is 148 Å². The van der Waals surface area contributed by atoms with Crippen molar-refractivity contribution in [1.82, 2.24) is 0 Å². The molecule has 3 rings (SSSR count). The number of carbonyl (C=O) groups is 1. The van der Waals surface area contributed by atoms with Gasteiger partial charge in [0, 0.05) is 18.7 Å². The number of fused-ring (bicyclic) bond motifs is 1. The van der Waals surface area contributed by atoms with Crippen LogP contribution in [0, 0.1) is 6.92 Å². The van der Waals surface area contributed by atoms with Gasteiger partial charge >= 0.3 is 0 Å². The van der Waals surface area contributed by atoms with Crippen LogP contribution in [-0.2, 0) is 21.2 Å².